The topological polar surface area (TPSA) is 91.7 Å². The van der Waals surface area contributed by atoms with Crippen LogP contribution in [0.1, 0.15) is 35.8 Å². The molecule has 44 heavy (non-hydrogen) atoms. The molecule has 1 fully saturated rings. The molecule has 0 bridgehead atoms. The summed E-state index contributed by atoms with van der Waals surface area (Å²) in [5.41, 5.74) is 3.80. The zero-order chi connectivity index (χ0) is 31.1. The number of aryl methyl sites for hydroxylation is 1. The van der Waals surface area contributed by atoms with Crippen LogP contribution in [0, 0.1) is 18.7 Å². The van der Waals surface area contributed by atoms with Gasteiger partial charge < -0.3 is 10.2 Å². The normalized spacial score (nSPS) is 19.1. The SMILES string of the molecule is CCN(CC)c1ccc([C@H]2c3sc(=O)n(CC(=O)Nc4ccc(C)cc4)c3SC3C(=O)N(c4ccc(F)cc4)C(=O)C32)cc1. The number of imide groups is 1. The van der Waals surface area contributed by atoms with Crippen LogP contribution < -0.4 is 20.0 Å². The molecule has 3 heterocycles. The van der Waals surface area contributed by atoms with Gasteiger partial charge in [0.05, 0.1) is 16.6 Å². The van der Waals surface area contributed by atoms with E-state index in [2.05, 4.69) is 24.1 Å². The Morgan fingerprint density at radius 3 is 2.20 bits per heavy atom. The van der Waals surface area contributed by atoms with Crippen LogP contribution in [0.15, 0.2) is 82.6 Å². The highest BCUT2D eigenvalue weighted by Crippen LogP contribution is 2.54. The maximum Gasteiger partial charge on any atom is 0.308 e. The van der Waals surface area contributed by atoms with Gasteiger partial charge in [-0.2, -0.15) is 0 Å². The molecule has 226 valence electrons. The molecule has 6 rings (SSSR count). The molecule has 1 aromatic heterocycles. The van der Waals surface area contributed by atoms with Crippen LogP contribution in [0.25, 0.3) is 0 Å². The van der Waals surface area contributed by atoms with Gasteiger partial charge in [0.25, 0.3) is 0 Å². The Labute approximate surface area is 262 Å². The third-order valence-corrected chi connectivity index (χ3v) is 10.8. The van der Waals surface area contributed by atoms with Gasteiger partial charge >= 0.3 is 4.87 Å². The largest absolute Gasteiger partial charge is 0.372 e. The molecule has 2 unspecified atom stereocenters. The zero-order valence-corrected chi connectivity index (χ0v) is 26.1. The van der Waals surface area contributed by atoms with Crippen molar-refractivity contribution in [2.75, 3.05) is 28.2 Å². The summed E-state index contributed by atoms with van der Waals surface area (Å²) in [5, 5.41) is 2.53. The van der Waals surface area contributed by atoms with E-state index in [0.29, 0.717) is 21.3 Å². The number of amides is 3. The minimum Gasteiger partial charge on any atom is -0.372 e. The van der Waals surface area contributed by atoms with Crippen LogP contribution in [0.4, 0.5) is 21.5 Å². The number of benzene rings is 3. The Hall–Kier alpha value is -4.22. The Kier molecular flexibility index (Phi) is 8.17. The molecule has 8 nitrogen and oxygen atoms in total. The number of nitrogens with one attached hydrogen (secondary N) is 1. The van der Waals surface area contributed by atoms with Gasteiger partial charge in [0.2, 0.25) is 17.7 Å². The molecule has 1 N–H and O–H groups in total. The maximum atomic E-state index is 14.0. The average Bonchev–Trinajstić information content (AvgIpc) is 3.46. The van der Waals surface area contributed by atoms with Crippen LogP contribution in [-0.2, 0) is 20.9 Å². The summed E-state index contributed by atoms with van der Waals surface area (Å²) >= 11 is 2.16. The molecule has 3 atom stereocenters. The fraction of sp³-hybridized carbons (Fsp3) is 0.273. The summed E-state index contributed by atoms with van der Waals surface area (Å²) in [6.45, 7) is 7.54. The average molecular weight is 631 g/mol. The van der Waals surface area contributed by atoms with E-state index < -0.39 is 34.7 Å². The monoisotopic (exact) mass is 630 g/mol. The second-order valence-electron chi connectivity index (χ2n) is 10.8. The summed E-state index contributed by atoms with van der Waals surface area (Å²) in [5.74, 6) is -3.03. The van der Waals surface area contributed by atoms with Crippen LogP contribution in [0.3, 0.4) is 0 Å². The number of hydrogen-bond donors (Lipinski definition) is 1. The first kappa shape index (κ1) is 29.8. The minimum absolute atomic E-state index is 0.236. The molecule has 0 saturated carbocycles. The summed E-state index contributed by atoms with van der Waals surface area (Å²) < 4.78 is 15.1. The van der Waals surface area contributed by atoms with E-state index in [1.165, 1.54) is 28.8 Å². The molecule has 2 aliphatic rings. The Balaban J connectivity index is 1.41. The quantitative estimate of drug-likeness (QED) is 0.254. The first-order chi connectivity index (χ1) is 21.2. The van der Waals surface area contributed by atoms with Crippen molar-refractivity contribution in [3.05, 3.63) is 104 Å². The number of anilines is 3. The molecule has 0 aliphatic carbocycles. The smallest absolute Gasteiger partial charge is 0.308 e. The van der Waals surface area contributed by atoms with E-state index in [1.54, 1.807) is 12.1 Å². The summed E-state index contributed by atoms with van der Waals surface area (Å²) in [6.07, 6.45) is 0. The van der Waals surface area contributed by atoms with E-state index in [1.807, 2.05) is 43.3 Å². The van der Waals surface area contributed by atoms with Gasteiger partial charge in [0, 0.05) is 35.3 Å². The van der Waals surface area contributed by atoms with Crippen LogP contribution in [0.2, 0.25) is 0 Å². The number of thioether (sulfide) groups is 1. The van der Waals surface area contributed by atoms with E-state index in [-0.39, 0.29) is 17.3 Å². The van der Waals surface area contributed by atoms with Gasteiger partial charge in [-0.1, -0.05) is 52.9 Å². The van der Waals surface area contributed by atoms with Crippen molar-refractivity contribution in [1.82, 2.24) is 4.57 Å². The fourth-order valence-electron chi connectivity index (χ4n) is 5.92. The Morgan fingerprint density at radius 1 is 0.909 bits per heavy atom. The summed E-state index contributed by atoms with van der Waals surface area (Å²) in [6, 6.07) is 20.5. The molecule has 0 spiro atoms. The molecule has 3 amide bonds. The summed E-state index contributed by atoms with van der Waals surface area (Å²) in [4.78, 5) is 58.1. The second-order valence-corrected chi connectivity index (χ2v) is 13.0. The van der Waals surface area contributed by atoms with Gasteiger partial charge in [-0.25, -0.2) is 9.29 Å². The number of thiazole rings is 1. The molecule has 0 radical (unpaired) electrons. The lowest BCUT2D eigenvalue weighted by atomic mass is 9.83. The van der Waals surface area contributed by atoms with Crippen molar-refractivity contribution in [3.63, 3.8) is 0 Å². The highest BCUT2D eigenvalue weighted by atomic mass is 32.2. The number of carbonyl (C=O) groups is 3. The molecule has 11 heteroatoms. The zero-order valence-electron chi connectivity index (χ0n) is 24.5. The van der Waals surface area contributed by atoms with Gasteiger partial charge in [-0.3, -0.25) is 23.7 Å². The van der Waals surface area contributed by atoms with Crippen molar-refractivity contribution in [1.29, 1.82) is 0 Å². The lowest BCUT2D eigenvalue weighted by Gasteiger charge is -2.31. The number of carbonyl (C=O) groups excluding carboxylic acids is 3. The first-order valence-corrected chi connectivity index (χ1v) is 16.1. The van der Waals surface area contributed by atoms with Crippen molar-refractivity contribution in [2.45, 2.75) is 43.5 Å². The molecular formula is C33H31FN4O4S2. The van der Waals surface area contributed by atoms with Crippen LogP contribution in [0.5, 0.6) is 0 Å². The van der Waals surface area contributed by atoms with E-state index >= 15 is 0 Å². The van der Waals surface area contributed by atoms with Gasteiger partial charge in [-0.05, 0) is 74.9 Å². The van der Waals surface area contributed by atoms with Gasteiger partial charge in [-0.15, -0.1) is 0 Å². The molecule has 4 aromatic rings. The molecule has 1 saturated heterocycles. The third kappa shape index (κ3) is 5.35. The minimum atomic E-state index is -0.826. The summed E-state index contributed by atoms with van der Waals surface area (Å²) in [7, 11) is 0. The van der Waals surface area contributed by atoms with Gasteiger partial charge in [0.15, 0.2) is 0 Å². The number of halogens is 1. The third-order valence-electron chi connectivity index (χ3n) is 8.15. The van der Waals surface area contributed by atoms with E-state index in [4.69, 9.17) is 0 Å². The van der Waals surface area contributed by atoms with Crippen LogP contribution in [-0.4, -0.2) is 40.6 Å². The highest BCUT2D eigenvalue weighted by molar-refractivity contribution is 8.00. The molecule has 2 aliphatic heterocycles. The number of nitrogens with zero attached hydrogens (tertiary/aromatic N) is 3. The number of hydrogen-bond acceptors (Lipinski definition) is 7. The molecule has 3 aromatic carbocycles. The maximum absolute atomic E-state index is 14.0. The second kappa shape index (κ2) is 12.0. The Morgan fingerprint density at radius 2 is 1.57 bits per heavy atom. The van der Waals surface area contributed by atoms with Gasteiger partial charge in [0.1, 0.15) is 17.6 Å². The highest BCUT2D eigenvalue weighted by Gasteiger charge is 2.56. The predicted molar refractivity (Wildman–Crippen MR) is 172 cm³/mol. The molecular weight excluding hydrogens is 600 g/mol. The lowest BCUT2D eigenvalue weighted by molar-refractivity contribution is -0.122. The van der Waals surface area contributed by atoms with E-state index in [9.17, 15) is 23.6 Å². The first-order valence-electron chi connectivity index (χ1n) is 14.4. The van der Waals surface area contributed by atoms with Crippen LogP contribution >= 0.6 is 23.1 Å². The number of fused-ring (bicyclic) bond motifs is 2. The fourth-order valence-corrected chi connectivity index (χ4v) is 8.69. The number of aromatic nitrogens is 1. The van der Waals surface area contributed by atoms with Crippen molar-refractivity contribution in [2.24, 2.45) is 5.92 Å². The Bertz CT molecular complexity index is 1780. The van der Waals surface area contributed by atoms with Crippen molar-refractivity contribution < 1.29 is 18.8 Å². The van der Waals surface area contributed by atoms with Crippen molar-refractivity contribution >= 4 is 57.9 Å². The number of rotatable bonds is 8. The van der Waals surface area contributed by atoms with E-state index in [0.717, 1.165) is 57.9 Å². The van der Waals surface area contributed by atoms with Crippen molar-refractivity contribution in [3.8, 4) is 0 Å². The lowest BCUT2D eigenvalue weighted by Crippen LogP contribution is -2.33. The predicted octanol–water partition coefficient (Wildman–Crippen LogP) is 5.64. The standard InChI is InChI=1S/C33H31FN4O4S2/c1-4-36(5-2)23-14-8-20(9-15-23)26-27-28(31(41)38(30(27)40)24-16-10-21(34)11-17-24)43-32-29(26)44-33(42)37(32)18-25(39)35-22-12-6-19(3)7-13-22/h6-17,26-28H,4-5,18H2,1-3H3,(H,35,39)/t26-,27?,28?/m1/s1.